The van der Waals surface area contributed by atoms with Gasteiger partial charge < -0.3 is 56.8 Å². The van der Waals surface area contributed by atoms with E-state index in [0.29, 0.717) is 152 Å². The highest BCUT2D eigenvalue weighted by atomic mass is 35.5. The van der Waals surface area contributed by atoms with Gasteiger partial charge in [0, 0.05) is 12.5 Å². The summed E-state index contributed by atoms with van der Waals surface area (Å²) in [6.45, 7) is 12.6. The maximum absolute atomic E-state index is 5.65. The Bertz CT molecular complexity index is 556. The van der Waals surface area contributed by atoms with Crippen LogP contribution in [0.4, 0.5) is 0 Å². The predicted octanol–water partition coefficient (Wildman–Crippen LogP) is 2.62. The van der Waals surface area contributed by atoms with Gasteiger partial charge in [-0.05, 0) is 12.8 Å². The number of halogens is 1. The second kappa shape index (κ2) is 42.4. The Kier molecular flexibility index (Phi) is 41.8. The molecule has 0 saturated carbocycles. The molecule has 0 aromatic rings. The zero-order valence-electron chi connectivity index (χ0n) is 26.9. The van der Waals surface area contributed by atoms with Crippen LogP contribution in [0.15, 0.2) is 0 Å². The smallest absolute Gasteiger partial charge is 0.107 e. The van der Waals surface area contributed by atoms with Crippen LogP contribution in [0.25, 0.3) is 0 Å². The molecule has 0 fully saturated rings. The van der Waals surface area contributed by atoms with Crippen LogP contribution in [0.1, 0.15) is 25.7 Å². The molecule has 0 aliphatic rings. The molecule has 13 heteroatoms. The number of ether oxygens (including phenoxy) is 12. The van der Waals surface area contributed by atoms with Crippen molar-refractivity contribution in [2.24, 2.45) is 0 Å². The Morgan fingerprint density at radius 2 is 0.523 bits per heavy atom. The Hall–Kier alpha value is -0.630. The average molecular weight is 659 g/mol. The first-order valence-electron chi connectivity index (χ1n) is 15.8. The summed E-state index contributed by atoms with van der Waals surface area (Å²) in [4.78, 5) is 0. The molecular weight excluding hydrogens is 600 g/mol. The molecule has 0 heterocycles. The van der Waals surface area contributed by atoms with Crippen molar-refractivity contribution in [3.63, 3.8) is 0 Å². The molecule has 0 aliphatic carbocycles. The Morgan fingerprint density at radius 1 is 0.295 bits per heavy atom. The van der Waals surface area contributed by atoms with Crippen molar-refractivity contribution in [2.45, 2.75) is 25.7 Å². The lowest BCUT2D eigenvalue weighted by atomic mass is 10.2. The minimum absolute atomic E-state index is 0.308. The summed E-state index contributed by atoms with van der Waals surface area (Å²) in [6, 6.07) is 0. The van der Waals surface area contributed by atoms with E-state index in [2.05, 4.69) is 5.92 Å². The van der Waals surface area contributed by atoms with Gasteiger partial charge in [-0.1, -0.05) is 18.8 Å². The monoisotopic (exact) mass is 658 g/mol. The fourth-order valence-electron chi connectivity index (χ4n) is 3.20. The van der Waals surface area contributed by atoms with Gasteiger partial charge >= 0.3 is 0 Å². The molecule has 0 bridgehead atoms. The van der Waals surface area contributed by atoms with Crippen LogP contribution in [0.3, 0.4) is 0 Å². The van der Waals surface area contributed by atoms with E-state index in [1.165, 1.54) is 12.8 Å². The second-order valence-electron chi connectivity index (χ2n) is 9.10. The first-order valence-corrected chi connectivity index (χ1v) is 16.4. The molecular formula is C31H59ClO12. The minimum Gasteiger partial charge on any atom is -0.379 e. The lowest BCUT2D eigenvalue weighted by Gasteiger charge is -2.09. The molecule has 0 spiro atoms. The van der Waals surface area contributed by atoms with Crippen LogP contribution in [0.2, 0.25) is 0 Å². The Balaban J connectivity index is 3.03. The highest BCUT2D eigenvalue weighted by molar-refractivity contribution is 6.17. The van der Waals surface area contributed by atoms with Gasteiger partial charge in [0.05, 0.1) is 145 Å². The summed E-state index contributed by atoms with van der Waals surface area (Å²) in [5.74, 6) is 3.14. The highest BCUT2D eigenvalue weighted by Crippen LogP contribution is 2.01. The summed E-state index contributed by atoms with van der Waals surface area (Å²) in [5, 5.41) is 0. The molecule has 0 N–H and O–H groups in total. The summed E-state index contributed by atoms with van der Waals surface area (Å²) in [5.41, 5.74) is 0. The summed E-state index contributed by atoms with van der Waals surface area (Å²) in [6.07, 6.45) is 9.57. The van der Waals surface area contributed by atoms with E-state index in [-0.39, 0.29) is 0 Å². The topological polar surface area (TPSA) is 111 Å². The van der Waals surface area contributed by atoms with E-state index < -0.39 is 0 Å². The van der Waals surface area contributed by atoms with Crippen molar-refractivity contribution in [3.05, 3.63) is 0 Å². The van der Waals surface area contributed by atoms with Crippen LogP contribution in [-0.4, -0.2) is 164 Å². The van der Waals surface area contributed by atoms with Crippen molar-refractivity contribution in [2.75, 3.05) is 164 Å². The molecule has 0 aromatic heterocycles. The van der Waals surface area contributed by atoms with E-state index in [1.807, 2.05) is 0 Å². The number of terminal acetylenes is 1. The lowest BCUT2D eigenvalue weighted by Crippen LogP contribution is -2.15. The molecule has 262 valence electrons. The molecule has 44 heavy (non-hydrogen) atoms. The summed E-state index contributed by atoms with van der Waals surface area (Å²) < 4.78 is 65.1. The molecule has 0 rings (SSSR count). The maximum Gasteiger partial charge on any atom is 0.107 e. The van der Waals surface area contributed by atoms with Crippen LogP contribution < -0.4 is 0 Å². The number of rotatable bonds is 40. The third-order valence-corrected chi connectivity index (χ3v) is 5.72. The molecule has 0 aliphatic heterocycles. The third-order valence-electron chi connectivity index (χ3n) is 5.45. The van der Waals surface area contributed by atoms with E-state index in [9.17, 15) is 0 Å². The van der Waals surface area contributed by atoms with Gasteiger partial charge in [-0.15, -0.1) is 18.0 Å². The van der Waals surface area contributed by atoms with E-state index >= 15 is 0 Å². The van der Waals surface area contributed by atoms with Crippen LogP contribution in [0.5, 0.6) is 0 Å². The molecule has 0 saturated heterocycles. The number of alkyl halides is 1. The van der Waals surface area contributed by atoms with Gasteiger partial charge in [0.25, 0.3) is 0 Å². The number of hydrogen-bond donors (Lipinski definition) is 0. The molecule has 0 aromatic carbocycles. The normalized spacial score (nSPS) is 11.4. The zero-order chi connectivity index (χ0) is 31.7. The van der Waals surface area contributed by atoms with Crippen molar-refractivity contribution in [3.8, 4) is 12.3 Å². The average Bonchev–Trinajstić information content (AvgIpc) is 3.04. The number of hydrogen-bond acceptors (Lipinski definition) is 12. The van der Waals surface area contributed by atoms with Crippen molar-refractivity contribution < 1.29 is 56.8 Å². The minimum atomic E-state index is 0.308. The first kappa shape index (κ1) is 43.4. The number of unbranched alkanes of at least 4 members (excludes halogenated alkanes) is 3. The SMILES string of the molecule is C#CCOCCOCCOCCOCCOCCOCCOCCOCCOCCOCCOCCOCCCCCCCl. The molecule has 12 nitrogen and oxygen atoms in total. The maximum atomic E-state index is 5.65. The van der Waals surface area contributed by atoms with Gasteiger partial charge in [-0.2, -0.15) is 0 Å². The standard InChI is InChI=1S/C31H59ClO12/c1-2-8-33-10-12-35-14-16-37-18-20-39-22-24-41-26-28-43-30-31-44-29-27-42-25-23-40-21-19-38-17-15-36-13-11-34-9-6-4-3-5-7-32/h1H,3-31H2. The quantitative estimate of drug-likeness (QED) is 0.0548. The lowest BCUT2D eigenvalue weighted by molar-refractivity contribution is -0.0281. The summed E-state index contributed by atoms with van der Waals surface area (Å²) >= 11 is 5.65. The van der Waals surface area contributed by atoms with Crippen molar-refractivity contribution in [1.82, 2.24) is 0 Å². The second-order valence-corrected chi connectivity index (χ2v) is 9.47. The van der Waals surface area contributed by atoms with Gasteiger partial charge in [0.1, 0.15) is 6.61 Å². The third kappa shape index (κ3) is 41.4. The van der Waals surface area contributed by atoms with Crippen molar-refractivity contribution >= 4 is 11.6 Å². The van der Waals surface area contributed by atoms with Gasteiger partial charge in [-0.25, -0.2) is 0 Å². The van der Waals surface area contributed by atoms with Crippen LogP contribution in [-0.2, 0) is 56.8 Å². The molecule has 0 unspecified atom stereocenters. The van der Waals surface area contributed by atoms with Gasteiger partial charge in [-0.3, -0.25) is 0 Å². The molecule has 0 atom stereocenters. The van der Waals surface area contributed by atoms with Gasteiger partial charge in [0.15, 0.2) is 0 Å². The fraction of sp³-hybridized carbons (Fsp3) is 0.935. The highest BCUT2D eigenvalue weighted by Gasteiger charge is 1.97. The Morgan fingerprint density at radius 3 is 0.773 bits per heavy atom. The molecule has 0 amide bonds. The van der Waals surface area contributed by atoms with E-state index in [1.54, 1.807) is 0 Å². The first-order chi connectivity index (χ1) is 21.9. The van der Waals surface area contributed by atoms with E-state index in [0.717, 1.165) is 25.3 Å². The summed E-state index contributed by atoms with van der Waals surface area (Å²) in [7, 11) is 0. The van der Waals surface area contributed by atoms with E-state index in [4.69, 9.17) is 74.9 Å². The predicted molar refractivity (Wildman–Crippen MR) is 168 cm³/mol. The van der Waals surface area contributed by atoms with Gasteiger partial charge in [0.2, 0.25) is 0 Å². The van der Waals surface area contributed by atoms with Crippen LogP contribution in [0, 0.1) is 12.3 Å². The zero-order valence-corrected chi connectivity index (χ0v) is 27.6. The van der Waals surface area contributed by atoms with Crippen molar-refractivity contribution in [1.29, 1.82) is 0 Å². The van der Waals surface area contributed by atoms with Crippen LogP contribution >= 0.6 is 11.6 Å². The Labute approximate surface area is 270 Å². The fourth-order valence-corrected chi connectivity index (χ4v) is 3.39. The molecule has 0 radical (unpaired) electrons. The largest absolute Gasteiger partial charge is 0.379 e.